The molecule has 0 bridgehead atoms. The highest BCUT2D eigenvalue weighted by Crippen LogP contribution is 2.16. The third-order valence-corrected chi connectivity index (χ3v) is 4.26. The quantitative estimate of drug-likeness (QED) is 0.679. The van der Waals surface area contributed by atoms with Crippen LogP contribution in [0.3, 0.4) is 0 Å². The molecule has 0 radical (unpaired) electrons. The summed E-state index contributed by atoms with van der Waals surface area (Å²) in [6.07, 6.45) is 0. The lowest BCUT2D eigenvalue weighted by atomic mass is 10.2. The molecule has 0 aromatic heterocycles. The minimum absolute atomic E-state index is 0.185. The van der Waals surface area contributed by atoms with Crippen molar-refractivity contribution in [3.63, 3.8) is 0 Å². The van der Waals surface area contributed by atoms with E-state index in [2.05, 4.69) is 17.0 Å². The molecule has 1 fully saturated rings. The van der Waals surface area contributed by atoms with Crippen molar-refractivity contribution in [1.82, 2.24) is 4.90 Å². The maximum atomic E-state index is 12.3. The highest BCUT2D eigenvalue weighted by atomic mass is 16.5. The number of nitrogens with two attached hydrogens (primary N) is 1. The molecular weight excluding hydrogens is 318 g/mol. The van der Waals surface area contributed by atoms with Gasteiger partial charge in [-0.3, -0.25) is 4.79 Å². The molecule has 6 nitrogen and oxygen atoms in total. The summed E-state index contributed by atoms with van der Waals surface area (Å²) in [4.78, 5) is 28.2. The van der Waals surface area contributed by atoms with E-state index < -0.39 is 5.97 Å². The molecule has 0 aliphatic carbocycles. The van der Waals surface area contributed by atoms with Gasteiger partial charge in [-0.25, -0.2) is 4.79 Å². The highest BCUT2D eigenvalue weighted by molar-refractivity contribution is 5.96. The maximum Gasteiger partial charge on any atom is 0.340 e. The number of carbonyl (C=O) groups excluding carboxylic acids is 2. The van der Waals surface area contributed by atoms with Gasteiger partial charge in [0.2, 0.25) is 0 Å². The van der Waals surface area contributed by atoms with E-state index in [1.165, 1.54) is 0 Å². The number of rotatable bonds is 4. The van der Waals surface area contributed by atoms with Crippen molar-refractivity contribution in [2.24, 2.45) is 0 Å². The van der Waals surface area contributed by atoms with Gasteiger partial charge >= 0.3 is 5.97 Å². The molecule has 0 saturated carbocycles. The smallest absolute Gasteiger partial charge is 0.340 e. The molecule has 1 aliphatic rings. The van der Waals surface area contributed by atoms with Crippen molar-refractivity contribution in [1.29, 1.82) is 0 Å². The first-order chi connectivity index (χ1) is 12.1. The number of hydrogen-bond donors (Lipinski definition) is 1. The highest BCUT2D eigenvalue weighted by Gasteiger charge is 2.22. The number of amides is 1. The second-order valence-electron chi connectivity index (χ2n) is 5.87. The maximum absolute atomic E-state index is 12.3. The Labute approximate surface area is 146 Å². The number of piperazine rings is 1. The molecule has 1 heterocycles. The first-order valence-corrected chi connectivity index (χ1v) is 8.24. The molecule has 130 valence electrons. The molecule has 1 aliphatic heterocycles. The Balaban J connectivity index is 1.48. The van der Waals surface area contributed by atoms with Crippen LogP contribution >= 0.6 is 0 Å². The van der Waals surface area contributed by atoms with Gasteiger partial charge in [-0.2, -0.15) is 0 Å². The van der Waals surface area contributed by atoms with Gasteiger partial charge in [0.1, 0.15) is 0 Å². The van der Waals surface area contributed by atoms with Crippen molar-refractivity contribution >= 4 is 23.3 Å². The van der Waals surface area contributed by atoms with Gasteiger partial charge in [-0.05, 0) is 24.3 Å². The van der Waals surface area contributed by atoms with E-state index in [0.29, 0.717) is 18.8 Å². The lowest BCUT2D eigenvalue weighted by Gasteiger charge is -2.36. The zero-order valence-corrected chi connectivity index (χ0v) is 13.9. The lowest BCUT2D eigenvalue weighted by molar-refractivity contribution is -0.134. The van der Waals surface area contributed by atoms with Crippen LogP contribution in [0.15, 0.2) is 54.6 Å². The van der Waals surface area contributed by atoms with Crippen LogP contribution in [-0.4, -0.2) is 49.6 Å². The average Bonchev–Trinajstić information content (AvgIpc) is 2.67. The standard InChI is InChI=1S/C19H21N3O3/c20-17-9-5-4-8-16(17)19(24)25-14-18(23)22-12-10-21(11-13-22)15-6-2-1-3-7-15/h1-9H,10-14,20H2. The topological polar surface area (TPSA) is 75.9 Å². The number of para-hydroxylation sites is 2. The first kappa shape index (κ1) is 16.8. The summed E-state index contributed by atoms with van der Waals surface area (Å²) in [5, 5.41) is 0. The van der Waals surface area contributed by atoms with Gasteiger partial charge in [0.05, 0.1) is 5.56 Å². The van der Waals surface area contributed by atoms with Crippen molar-refractivity contribution in [3.05, 3.63) is 60.2 Å². The van der Waals surface area contributed by atoms with Gasteiger partial charge in [-0.1, -0.05) is 30.3 Å². The van der Waals surface area contributed by atoms with E-state index in [0.717, 1.165) is 18.8 Å². The van der Waals surface area contributed by atoms with E-state index in [4.69, 9.17) is 10.5 Å². The summed E-state index contributed by atoms with van der Waals surface area (Å²) in [5.41, 5.74) is 7.52. The Kier molecular flexibility index (Phi) is 5.18. The molecule has 2 N–H and O–H groups in total. The van der Waals surface area contributed by atoms with Crippen LogP contribution < -0.4 is 10.6 Å². The minimum Gasteiger partial charge on any atom is -0.452 e. The number of ether oxygens (including phenoxy) is 1. The van der Waals surface area contributed by atoms with Gasteiger partial charge in [0, 0.05) is 37.6 Å². The van der Waals surface area contributed by atoms with E-state index >= 15 is 0 Å². The van der Waals surface area contributed by atoms with Crippen LogP contribution in [-0.2, 0) is 9.53 Å². The molecule has 2 aromatic rings. The zero-order chi connectivity index (χ0) is 17.6. The summed E-state index contributed by atoms with van der Waals surface area (Å²) >= 11 is 0. The van der Waals surface area contributed by atoms with Gasteiger partial charge in [0.25, 0.3) is 5.91 Å². The number of hydrogen-bond acceptors (Lipinski definition) is 5. The monoisotopic (exact) mass is 339 g/mol. The molecule has 0 atom stereocenters. The first-order valence-electron chi connectivity index (χ1n) is 8.24. The van der Waals surface area contributed by atoms with Crippen molar-refractivity contribution in [2.75, 3.05) is 43.4 Å². The molecule has 1 amide bonds. The third-order valence-electron chi connectivity index (χ3n) is 4.26. The minimum atomic E-state index is -0.575. The lowest BCUT2D eigenvalue weighted by Crippen LogP contribution is -2.49. The predicted molar refractivity (Wildman–Crippen MR) is 96.4 cm³/mol. The normalized spacial score (nSPS) is 14.2. The van der Waals surface area contributed by atoms with Gasteiger partial charge in [-0.15, -0.1) is 0 Å². The third kappa shape index (κ3) is 4.09. The second kappa shape index (κ2) is 7.70. The van der Waals surface area contributed by atoms with E-state index in [9.17, 15) is 9.59 Å². The number of carbonyl (C=O) groups is 2. The summed E-state index contributed by atoms with van der Waals surface area (Å²) in [6.45, 7) is 2.47. The van der Waals surface area contributed by atoms with Crippen LogP contribution in [0.4, 0.5) is 11.4 Å². The molecule has 1 saturated heterocycles. The fourth-order valence-electron chi connectivity index (χ4n) is 2.83. The SMILES string of the molecule is Nc1ccccc1C(=O)OCC(=O)N1CCN(c2ccccc2)CC1. The molecule has 0 spiro atoms. The average molecular weight is 339 g/mol. The Hall–Kier alpha value is -3.02. The second-order valence-corrected chi connectivity index (χ2v) is 5.87. The van der Waals surface area contributed by atoms with Crippen molar-refractivity contribution in [2.45, 2.75) is 0 Å². The van der Waals surface area contributed by atoms with E-state index in [1.54, 1.807) is 29.2 Å². The largest absolute Gasteiger partial charge is 0.452 e. The zero-order valence-electron chi connectivity index (χ0n) is 13.9. The number of nitrogens with zero attached hydrogens (tertiary/aromatic N) is 2. The summed E-state index contributed by atoms with van der Waals surface area (Å²) in [5.74, 6) is -0.759. The molecule has 3 rings (SSSR count). The number of benzene rings is 2. The molecule has 2 aromatic carbocycles. The van der Waals surface area contributed by atoms with Crippen LogP contribution in [0.25, 0.3) is 0 Å². The van der Waals surface area contributed by atoms with E-state index in [1.807, 2.05) is 18.2 Å². The number of nitrogen functional groups attached to an aromatic ring is 1. The van der Waals surface area contributed by atoms with Gasteiger partial charge in [0.15, 0.2) is 6.61 Å². The predicted octanol–water partition coefficient (Wildman–Crippen LogP) is 1.77. The fourth-order valence-corrected chi connectivity index (χ4v) is 2.83. The van der Waals surface area contributed by atoms with Gasteiger partial charge < -0.3 is 20.3 Å². The van der Waals surface area contributed by atoms with E-state index in [-0.39, 0.29) is 18.1 Å². The Bertz CT molecular complexity index is 741. The van der Waals surface area contributed by atoms with Crippen LogP contribution in [0.5, 0.6) is 0 Å². The van der Waals surface area contributed by atoms with Crippen molar-refractivity contribution < 1.29 is 14.3 Å². The van der Waals surface area contributed by atoms with Crippen molar-refractivity contribution in [3.8, 4) is 0 Å². The fraction of sp³-hybridized carbons (Fsp3) is 0.263. The molecule has 25 heavy (non-hydrogen) atoms. The summed E-state index contributed by atoms with van der Waals surface area (Å²) < 4.78 is 5.11. The number of esters is 1. The molecule has 6 heteroatoms. The Morgan fingerprint density at radius 2 is 1.56 bits per heavy atom. The Morgan fingerprint density at radius 1 is 0.920 bits per heavy atom. The summed E-state index contributed by atoms with van der Waals surface area (Å²) in [6, 6.07) is 16.8. The molecular formula is C19H21N3O3. The van der Waals surface area contributed by atoms with Crippen LogP contribution in [0.1, 0.15) is 10.4 Å². The summed E-state index contributed by atoms with van der Waals surface area (Å²) in [7, 11) is 0. The van der Waals surface area contributed by atoms with Crippen LogP contribution in [0, 0.1) is 0 Å². The van der Waals surface area contributed by atoms with Crippen LogP contribution in [0.2, 0.25) is 0 Å². The number of anilines is 2. The Morgan fingerprint density at radius 3 is 2.24 bits per heavy atom. The molecule has 0 unspecified atom stereocenters.